The van der Waals surface area contributed by atoms with E-state index in [-0.39, 0.29) is 0 Å². The summed E-state index contributed by atoms with van der Waals surface area (Å²) in [5.41, 5.74) is 12.6. The number of nitrogens with one attached hydrogen (secondary N) is 1. The van der Waals surface area contributed by atoms with Gasteiger partial charge in [-0.2, -0.15) is 0 Å². The molecule has 0 bridgehead atoms. The van der Waals surface area contributed by atoms with Gasteiger partial charge < -0.3 is 10.2 Å². The predicted octanol–water partition coefficient (Wildman–Crippen LogP) is 13.1. The summed E-state index contributed by atoms with van der Waals surface area (Å²) in [5, 5.41) is 6.20. The van der Waals surface area contributed by atoms with Crippen molar-refractivity contribution in [3.63, 3.8) is 0 Å². The van der Waals surface area contributed by atoms with Crippen LogP contribution in [0.3, 0.4) is 0 Å². The molecule has 0 aliphatic rings. The molecule has 0 heterocycles. The van der Waals surface area contributed by atoms with E-state index in [0.29, 0.717) is 0 Å². The molecule has 8 rings (SSSR count). The van der Waals surface area contributed by atoms with Gasteiger partial charge in [-0.3, -0.25) is 0 Å². The Kier molecular flexibility index (Phi) is 7.96. The normalized spacial score (nSPS) is 10.9. The van der Waals surface area contributed by atoms with Gasteiger partial charge in [0.15, 0.2) is 0 Å². The maximum atomic E-state index is 3.71. The average Bonchev–Trinajstić information content (AvgIpc) is 3.17. The first-order chi connectivity index (χ1) is 23.8. The summed E-state index contributed by atoms with van der Waals surface area (Å²) >= 11 is 0. The lowest BCUT2D eigenvalue weighted by molar-refractivity contribution is 1.28. The first-order valence-electron chi connectivity index (χ1n) is 16.4. The van der Waals surface area contributed by atoms with Crippen LogP contribution in [-0.2, 0) is 0 Å². The summed E-state index contributed by atoms with van der Waals surface area (Å²) in [6.45, 7) is 0. The third kappa shape index (κ3) is 5.95. The second kappa shape index (κ2) is 13.2. The lowest BCUT2D eigenvalue weighted by Gasteiger charge is -2.26. The van der Waals surface area contributed by atoms with Crippen LogP contribution in [0.4, 0.5) is 28.4 Å². The predicted molar refractivity (Wildman–Crippen MR) is 205 cm³/mol. The summed E-state index contributed by atoms with van der Waals surface area (Å²) in [4.78, 5) is 2.32. The Morgan fingerprint density at radius 2 is 0.750 bits per heavy atom. The van der Waals surface area contributed by atoms with Crippen LogP contribution < -0.4 is 10.2 Å². The average molecular weight is 615 g/mol. The number of fused-ring (bicyclic) bond motifs is 1. The van der Waals surface area contributed by atoms with Crippen LogP contribution in [0, 0.1) is 0 Å². The minimum absolute atomic E-state index is 1.03. The zero-order valence-electron chi connectivity index (χ0n) is 26.5. The van der Waals surface area contributed by atoms with Crippen LogP contribution in [0.5, 0.6) is 0 Å². The van der Waals surface area contributed by atoms with Crippen molar-refractivity contribution >= 4 is 39.2 Å². The van der Waals surface area contributed by atoms with Crippen LogP contribution in [0.25, 0.3) is 44.2 Å². The molecule has 0 unspecified atom stereocenters. The first-order valence-corrected chi connectivity index (χ1v) is 16.4. The van der Waals surface area contributed by atoms with Gasteiger partial charge in [-0.15, -0.1) is 0 Å². The van der Waals surface area contributed by atoms with Crippen LogP contribution in [0.2, 0.25) is 0 Å². The molecule has 2 heteroatoms. The van der Waals surface area contributed by atoms with Gasteiger partial charge in [-0.1, -0.05) is 146 Å². The number of para-hydroxylation sites is 1. The van der Waals surface area contributed by atoms with E-state index in [4.69, 9.17) is 0 Å². The number of nitrogens with zero attached hydrogens (tertiary/aromatic N) is 1. The summed E-state index contributed by atoms with van der Waals surface area (Å²) < 4.78 is 0. The molecule has 0 saturated heterocycles. The van der Waals surface area contributed by atoms with Gasteiger partial charge in [0, 0.05) is 34.0 Å². The summed E-state index contributed by atoms with van der Waals surface area (Å²) in [6.07, 6.45) is 0. The van der Waals surface area contributed by atoms with Crippen molar-refractivity contribution in [2.24, 2.45) is 0 Å². The summed E-state index contributed by atoms with van der Waals surface area (Å²) in [7, 11) is 0. The van der Waals surface area contributed by atoms with Gasteiger partial charge in [0.25, 0.3) is 0 Å². The van der Waals surface area contributed by atoms with Crippen LogP contribution >= 0.6 is 0 Å². The fourth-order valence-corrected chi connectivity index (χ4v) is 6.45. The highest BCUT2D eigenvalue weighted by Crippen LogP contribution is 2.39. The molecule has 8 aromatic carbocycles. The first kappa shape index (κ1) is 29.1. The highest BCUT2D eigenvalue weighted by atomic mass is 15.1. The Morgan fingerprint density at radius 1 is 0.312 bits per heavy atom. The topological polar surface area (TPSA) is 15.3 Å². The Labute approximate surface area is 282 Å². The van der Waals surface area contributed by atoms with Crippen LogP contribution in [-0.4, -0.2) is 0 Å². The number of hydrogen-bond acceptors (Lipinski definition) is 2. The molecule has 0 radical (unpaired) electrons. The van der Waals surface area contributed by atoms with Crippen molar-refractivity contribution in [2.75, 3.05) is 10.2 Å². The molecule has 0 spiro atoms. The smallest absolute Gasteiger partial charge is 0.0464 e. The minimum atomic E-state index is 1.03. The van der Waals surface area contributed by atoms with Crippen LogP contribution in [0.15, 0.2) is 200 Å². The lowest BCUT2D eigenvalue weighted by Crippen LogP contribution is -2.10. The number of anilines is 5. The van der Waals surface area contributed by atoms with Crippen molar-refractivity contribution in [3.05, 3.63) is 200 Å². The van der Waals surface area contributed by atoms with Gasteiger partial charge in [0.2, 0.25) is 0 Å². The van der Waals surface area contributed by atoms with E-state index >= 15 is 0 Å². The zero-order chi connectivity index (χ0) is 32.1. The second-order valence-corrected chi connectivity index (χ2v) is 11.9. The molecule has 0 amide bonds. The number of hydrogen-bond donors (Lipinski definition) is 1. The van der Waals surface area contributed by atoms with E-state index in [0.717, 1.165) is 28.4 Å². The van der Waals surface area contributed by atoms with Gasteiger partial charge in [-0.25, -0.2) is 0 Å². The standard InChI is InChI=1S/C46H34N2/c1-3-12-34(13-4-1)36-22-28-40(29-23-36)48(41-30-24-37(25-31-41)35-14-5-2-6-15-35)42-32-26-39(27-33-42)47-46-21-10-9-19-45(46)44-20-11-17-38-16-7-8-18-43(38)44/h1-33,47H. The van der Waals surface area contributed by atoms with Gasteiger partial charge in [0.1, 0.15) is 0 Å². The van der Waals surface area contributed by atoms with Crippen molar-refractivity contribution in [1.29, 1.82) is 0 Å². The molecule has 8 aromatic rings. The highest BCUT2D eigenvalue weighted by Gasteiger charge is 2.14. The SMILES string of the molecule is c1ccc(-c2ccc(N(c3ccc(Nc4ccccc4-c4cccc5ccccc45)cc3)c3ccc(-c4ccccc4)cc3)cc2)cc1. The second-order valence-electron chi connectivity index (χ2n) is 11.9. The molecule has 1 N–H and O–H groups in total. The molecule has 228 valence electrons. The third-order valence-corrected chi connectivity index (χ3v) is 8.88. The molecule has 2 nitrogen and oxygen atoms in total. The maximum absolute atomic E-state index is 3.71. The minimum Gasteiger partial charge on any atom is -0.355 e. The van der Waals surface area contributed by atoms with Gasteiger partial charge in [0.05, 0.1) is 0 Å². The van der Waals surface area contributed by atoms with E-state index in [9.17, 15) is 0 Å². The fourth-order valence-electron chi connectivity index (χ4n) is 6.45. The highest BCUT2D eigenvalue weighted by molar-refractivity contribution is 6.00. The third-order valence-electron chi connectivity index (χ3n) is 8.88. The monoisotopic (exact) mass is 614 g/mol. The quantitative estimate of drug-likeness (QED) is 0.183. The molecule has 48 heavy (non-hydrogen) atoms. The molecular weight excluding hydrogens is 581 g/mol. The Morgan fingerprint density at radius 3 is 1.35 bits per heavy atom. The summed E-state index contributed by atoms with van der Waals surface area (Å²) in [6, 6.07) is 71.0. The van der Waals surface area contributed by atoms with E-state index in [1.54, 1.807) is 0 Å². The number of rotatable bonds is 8. The van der Waals surface area contributed by atoms with Crippen molar-refractivity contribution in [1.82, 2.24) is 0 Å². The molecule has 0 atom stereocenters. The Hall–Kier alpha value is -6.38. The lowest BCUT2D eigenvalue weighted by atomic mass is 9.97. The molecule has 0 aromatic heterocycles. The molecular formula is C46H34N2. The van der Waals surface area contributed by atoms with E-state index in [1.165, 1.54) is 44.2 Å². The molecule has 0 aliphatic heterocycles. The van der Waals surface area contributed by atoms with Crippen molar-refractivity contribution in [2.45, 2.75) is 0 Å². The summed E-state index contributed by atoms with van der Waals surface area (Å²) in [5.74, 6) is 0. The molecule has 0 fully saturated rings. The number of benzene rings is 8. The van der Waals surface area contributed by atoms with E-state index in [2.05, 4.69) is 210 Å². The molecule has 0 saturated carbocycles. The largest absolute Gasteiger partial charge is 0.355 e. The zero-order valence-corrected chi connectivity index (χ0v) is 26.5. The van der Waals surface area contributed by atoms with Gasteiger partial charge >= 0.3 is 0 Å². The Bertz CT molecular complexity index is 2190. The van der Waals surface area contributed by atoms with Crippen molar-refractivity contribution in [3.8, 4) is 33.4 Å². The van der Waals surface area contributed by atoms with Crippen LogP contribution in [0.1, 0.15) is 0 Å². The van der Waals surface area contributed by atoms with Gasteiger partial charge in [-0.05, 0) is 93.2 Å². The van der Waals surface area contributed by atoms with Crippen molar-refractivity contribution < 1.29 is 0 Å². The van der Waals surface area contributed by atoms with E-state index in [1.807, 2.05) is 0 Å². The molecule has 0 aliphatic carbocycles. The maximum Gasteiger partial charge on any atom is 0.0464 e. The Balaban J connectivity index is 1.13. The fraction of sp³-hybridized carbons (Fsp3) is 0. The van der Waals surface area contributed by atoms with E-state index < -0.39 is 0 Å².